The summed E-state index contributed by atoms with van der Waals surface area (Å²) in [5, 5.41) is 47.2. The number of hydrogen-bond donors (Lipinski definition) is 5. The van der Waals surface area contributed by atoms with Crippen LogP contribution in [0.3, 0.4) is 0 Å². The van der Waals surface area contributed by atoms with Crippen LogP contribution < -0.4 is 0 Å². The maximum atomic E-state index is 9.95. The fourth-order valence-electron chi connectivity index (χ4n) is 2.15. The van der Waals surface area contributed by atoms with E-state index in [1.54, 1.807) is 0 Å². The van der Waals surface area contributed by atoms with Gasteiger partial charge < -0.3 is 44.5 Å². The predicted octanol–water partition coefficient (Wildman–Crippen LogP) is -2.44. The molecule has 5 N–H and O–H groups in total. The van der Waals surface area contributed by atoms with Crippen LogP contribution in [0.5, 0.6) is 0 Å². The predicted molar refractivity (Wildman–Crippen MR) is 72.8 cm³/mol. The molecule has 9 heteroatoms. The number of ether oxygens (including phenoxy) is 4. The Morgan fingerprint density at radius 3 is 2.32 bits per heavy atom. The maximum Gasteiger partial charge on any atom is 0.200 e. The van der Waals surface area contributed by atoms with Gasteiger partial charge in [0.05, 0.1) is 25.9 Å². The van der Waals surface area contributed by atoms with Gasteiger partial charge in [0, 0.05) is 7.11 Å². The van der Waals surface area contributed by atoms with Crippen molar-refractivity contribution in [1.29, 1.82) is 0 Å². The van der Waals surface area contributed by atoms with E-state index in [-0.39, 0.29) is 13.2 Å². The molecule has 0 saturated carbocycles. The summed E-state index contributed by atoms with van der Waals surface area (Å²) in [6.07, 6.45) is -6.67. The third-order valence-electron chi connectivity index (χ3n) is 3.33. The van der Waals surface area contributed by atoms with E-state index in [0.717, 1.165) is 0 Å². The Hall–Kier alpha value is -0.360. The van der Waals surface area contributed by atoms with Gasteiger partial charge in [0.2, 0.25) is 0 Å². The number of aliphatic hydroxyl groups is 5. The highest BCUT2D eigenvalue weighted by Crippen LogP contribution is 2.37. The second-order valence-corrected chi connectivity index (χ2v) is 5.48. The summed E-state index contributed by atoms with van der Waals surface area (Å²) >= 11 is 0. The molecule has 0 amide bonds. The van der Waals surface area contributed by atoms with E-state index >= 15 is 0 Å². The number of aliphatic hydroxyl groups excluding tert-OH is 5. The van der Waals surface area contributed by atoms with Gasteiger partial charge in [-0.2, -0.15) is 0 Å². The van der Waals surface area contributed by atoms with Crippen LogP contribution in [-0.4, -0.2) is 95.1 Å². The molecule has 7 atom stereocenters. The highest BCUT2D eigenvalue weighted by Gasteiger charge is 2.56. The Labute approximate surface area is 129 Å². The minimum absolute atomic E-state index is 0.0270. The average Bonchev–Trinajstić information content (AvgIpc) is 2.44. The van der Waals surface area contributed by atoms with Gasteiger partial charge in [0.1, 0.15) is 18.3 Å². The molecule has 0 spiro atoms. The van der Waals surface area contributed by atoms with Crippen molar-refractivity contribution >= 4 is 0 Å². The molecule has 0 aromatic rings. The molecule has 1 aliphatic heterocycles. The van der Waals surface area contributed by atoms with Crippen LogP contribution in [0.25, 0.3) is 0 Å². The number of rotatable bonds is 10. The smallest absolute Gasteiger partial charge is 0.200 e. The van der Waals surface area contributed by atoms with Crippen molar-refractivity contribution in [3.63, 3.8) is 0 Å². The molecule has 0 bridgehead atoms. The zero-order valence-electron chi connectivity index (χ0n) is 13.0. The summed E-state index contributed by atoms with van der Waals surface area (Å²) in [5.74, 6) is -1.38. The van der Waals surface area contributed by atoms with Crippen LogP contribution in [-0.2, 0) is 18.9 Å². The van der Waals surface area contributed by atoms with Crippen LogP contribution in [0, 0.1) is 0 Å². The summed E-state index contributed by atoms with van der Waals surface area (Å²) in [6.45, 7) is 2.27. The molecule has 0 aromatic heterocycles. The van der Waals surface area contributed by atoms with Crippen molar-refractivity contribution in [2.75, 3.05) is 26.9 Å². The Morgan fingerprint density at radius 1 is 1.23 bits per heavy atom. The zero-order valence-corrected chi connectivity index (χ0v) is 13.0. The highest BCUT2D eigenvalue weighted by molar-refractivity contribution is 4.91. The first-order valence-electron chi connectivity index (χ1n) is 7.04. The molecule has 1 fully saturated rings. The minimum Gasteiger partial charge on any atom is -0.394 e. The van der Waals surface area contributed by atoms with Crippen LogP contribution in [0.15, 0.2) is 0 Å². The van der Waals surface area contributed by atoms with E-state index in [2.05, 4.69) is 0 Å². The molecule has 0 radical (unpaired) electrons. The van der Waals surface area contributed by atoms with Crippen molar-refractivity contribution in [1.82, 2.24) is 0 Å². The van der Waals surface area contributed by atoms with E-state index in [0.29, 0.717) is 0 Å². The summed E-state index contributed by atoms with van der Waals surface area (Å²) in [4.78, 5) is 0. The second kappa shape index (κ2) is 8.48. The lowest BCUT2D eigenvalue weighted by atomic mass is 10.0. The number of methoxy groups -OCH3 is 1. The second-order valence-electron chi connectivity index (χ2n) is 5.48. The van der Waals surface area contributed by atoms with Crippen molar-refractivity contribution in [3.8, 4) is 0 Å². The molecule has 132 valence electrons. The van der Waals surface area contributed by atoms with Crippen molar-refractivity contribution < 1.29 is 44.5 Å². The van der Waals surface area contributed by atoms with Gasteiger partial charge in [0.25, 0.3) is 0 Å². The summed E-state index contributed by atoms with van der Waals surface area (Å²) in [7, 11) is 1.38. The molecule has 9 nitrogen and oxygen atoms in total. The van der Waals surface area contributed by atoms with Gasteiger partial charge in [-0.1, -0.05) is 0 Å². The molecule has 0 aromatic carbocycles. The van der Waals surface area contributed by atoms with Gasteiger partial charge in [-0.05, 0) is 13.8 Å². The van der Waals surface area contributed by atoms with Crippen LogP contribution >= 0.6 is 0 Å². The van der Waals surface area contributed by atoms with Crippen LogP contribution in [0.2, 0.25) is 0 Å². The largest absolute Gasteiger partial charge is 0.394 e. The monoisotopic (exact) mass is 326 g/mol. The Balaban J connectivity index is 2.69. The van der Waals surface area contributed by atoms with E-state index in [1.165, 1.54) is 21.0 Å². The van der Waals surface area contributed by atoms with Gasteiger partial charge in [0.15, 0.2) is 18.2 Å². The molecule has 0 aliphatic carbocycles. The fraction of sp³-hybridized carbons (Fsp3) is 1.00. The SMILES string of the molecule is COCC(OC1(C)O[C@@H](O)C1OCC(C)O)C(O)C(O)CO. The van der Waals surface area contributed by atoms with Gasteiger partial charge in [-0.25, -0.2) is 0 Å². The molecular formula is C13H26O9. The van der Waals surface area contributed by atoms with Crippen molar-refractivity contribution in [2.45, 2.75) is 56.4 Å². The van der Waals surface area contributed by atoms with E-state index in [4.69, 9.17) is 24.1 Å². The highest BCUT2D eigenvalue weighted by atomic mass is 16.8. The quantitative estimate of drug-likeness (QED) is 0.296. The topological polar surface area (TPSA) is 138 Å². The van der Waals surface area contributed by atoms with E-state index in [1.807, 2.05) is 0 Å². The van der Waals surface area contributed by atoms with Crippen LogP contribution in [0.4, 0.5) is 0 Å². The first kappa shape index (κ1) is 19.7. The van der Waals surface area contributed by atoms with Gasteiger partial charge >= 0.3 is 0 Å². The summed E-state index contributed by atoms with van der Waals surface area (Å²) < 4.78 is 21.0. The van der Waals surface area contributed by atoms with E-state index in [9.17, 15) is 20.4 Å². The normalized spacial score (nSPS) is 33.8. The molecule has 1 saturated heterocycles. The van der Waals surface area contributed by atoms with Gasteiger partial charge in [-0.3, -0.25) is 0 Å². The minimum atomic E-state index is -1.42. The Kier molecular flexibility index (Phi) is 7.59. The zero-order chi connectivity index (χ0) is 16.9. The third kappa shape index (κ3) is 4.82. The molecule has 1 aliphatic rings. The average molecular weight is 326 g/mol. The summed E-state index contributed by atoms with van der Waals surface area (Å²) in [6, 6.07) is 0. The lowest BCUT2D eigenvalue weighted by Gasteiger charge is -2.50. The Morgan fingerprint density at radius 2 is 1.86 bits per heavy atom. The van der Waals surface area contributed by atoms with Gasteiger partial charge in [-0.15, -0.1) is 0 Å². The first-order chi connectivity index (χ1) is 10.2. The lowest BCUT2D eigenvalue weighted by molar-refractivity contribution is -0.457. The number of hydrogen-bond acceptors (Lipinski definition) is 9. The standard InChI is InChI=1S/C13H26O9/c1-7(15)5-20-11-12(18)22-13(11,2)21-9(6-19-3)10(17)8(16)4-14/h7-12,14-18H,4-6H2,1-3H3/t7?,8?,9?,10?,11?,12-,13?/m1/s1. The summed E-state index contributed by atoms with van der Waals surface area (Å²) in [5.41, 5.74) is 0. The lowest BCUT2D eigenvalue weighted by Crippen LogP contribution is -2.67. The van der Waals surface area contributed by atoms with Crippen molar-refractivity contribution in [2.24, 2.45) is 0 Å². The molecular weight excluding hydrogens is 300 g/mol. The maximum absolute atomic E-state index is 9.95. The molecule has 22 heavy (non-hydrogen) atoms. The molecule has 1 heterocycles. The molecule has 1 rings (SSSR count). The Bertz CT molecular complexity index is 327. The van der Waals surface area contributed by atoms with E-state index < -0.39 is 49.2 Å². The van der Waals surface area contributed by atoms with Crippen LogP contribution in [0.1, 0.15) is 13.8 Å². The fourth-order valence-corrected chi connectivity index (χ4v) is 2.15. The molecule has 6 unspecified atom stereocenters. The van der Waals surface area contributed by atoms with Crippen molar-refractivity contribution in [3.05, 3.63) is 0 Å². The third-order valence-corrected chi connectivity index (χ3v) is 3.33. The first-order valence-corrected chi connectivity index (χ1v) is 7.04.